The first-order valence-corrected chi connectivity index (χ1v) is 4.95. The molecule has 0 aliphatic carbocycles. The molecule has 16 heavy (non-hydrogen) atoms. The molecule has 0 aliphatic rings. The van der Waals surface area contributed by atoms with Crippen molar-refractivity contribution in [2.45, 2.75) is 6.92 Å². The van der Waals surface area contributed by atoms with Crippen molar-refractivity contribution in [3.63, 3.8) is 0 Å². The Kier molecular flexibility index (Phi) is 1.73. The molecule has 80 valence electrons. The maximum absolute atomic E-state index is 9.71. The van der Waals surface area contributed by atoms with Crippen LogP contribution in [-0.2, 0) is 0 Å². The summed E-state index contributed by atoms with van der Waals surface area (Å²) in [6, 6.07) is 9.01. The number of aromatic nitrogens is 4. The SMILES string of the molecule is Cc1nc2cc(-c3ccccc3O)[nH]n2n1. The Bertz CT molecular complexity index is 621. The fourth-order valence-electron chi connectivity index (χ4n) is 1.72. The van der Waals surface area contributed by atoms with E-state index in [4.69, 9.17) is 0 Å². The van der Waals surface area contributed by atoms with Crippen LogP contribution >= 0.6 is 0 Å². The van der Waals surface area contributed by atoms with Gasteiger partial charge in [-0.2, -0.15) is 4.63 Å². The van der Waals surface area contributed by atoms with Gasteiger partial charge in [0.15, 0.2) is 5.65 Å². The highest BCUT2D eigenvalue weighted by Gasteiger charge is 2.08. The van der Waals surface area contributed by atoms with E-state index >= 15 is 0 Å². The third-order valence-corrected chi connectivity index (χ3v) is 2.43. The summed E-state index contributed by atoms with van der Waals surface area (Å²) in [5.41, 5.74) is 2.29. The number of rotatable bonds is 1. The van der Waals surface area contributed by atoms with Crippen molar-refractivity contribution in [3.8, 4) is 17.0 Å². The van der Waals surface area contributed by atoms with Gasteiger partial charge < -0.3 is 5.11 Å². The van der Waals surface area contributed by atoms with Gasteiger partial charge in [-0.3, -0.25) is 5.10 Å². The molecule has 0 unspecified atom stereocenters. The summed E-state index contributed by atoms with van der Waals surface area (Å²) in [5, 5.41) is 16.9. The van der Waals surface area contributed by atoms with Crippen LogP contribution in [0.5, 0.6) is 5.75 Å². The van der Waals surface area contributed by atoms with Crippen LogP contribution in [0.4, 0.5) is 0 Å². The van der Waals surface area contributed by atoms with Gasteiger partial charge in [0.05, 0.1) is 5.69 Å². The Morgan fingerprint density at radius 2 is 2.12 bits per heavy atom. The number of aromatic amines is 1. The zero-order valence-corrected chi connectivity index (χ0v) is 8.68. The molecule has 0 fully saturated rings. The molecular formula is C11H10N4O. The molecule has 0 amide bonds. The maximum Gasteiger partial charge on any atom is 0.176 e. The fourth-order valence-corrected chi connectivity index (χ4v) is 1.72. The summed E-state index contributed by atoms with van der Waals surface area (Å²) in [6.07, 6.45) is 0. The topological polar surface area (TPSA) is 66.2 Å². The molecule has 1 aromatic carbocycles. The number of phenolic OH excluding ortho intramolecular Hbond substituents is 1. The largest absolute Gasteiger partial charge is 0.507 e. The van der Waals surface area contributed by atoms with Gasteiger partial charge in [0.1, 0.15) is 11.6 Å². The average molecular weight is 214 g/mol. The highest BCUT2D eigenvalue weighted by atomic mass is 16.3. The number of para-hydroxylation sites is 1. The molecule has 0 bridgehead atoms. The molecule has 2 aromatic heterocycles. The smallest absolute Gasteiger partial charge is 0.176 e. The molecular weight excluding hydrogens is 204 g/mol. The Morgan fingerprint density at radius 1 is 1.31 bits per heavy atom. The van der Waals surface area contributed by atoms with E-state index < -0.39 is 0 Å². The number of benzene rings is 1. The number of fused-ring (bicyclic) bond motifs is 1. The van der Waals surface area contributed by atoms with E-state index in [1.807, 2.05) is 25.1 Å². The first kappa shape index (κ1) is 8.96. The molecule has 2 N–H and O–H groups in total. The van der Waals surface area contributed by atoms with Gasteiger partial charge in [-0.15, -0.1) is 5.10 Å². The molecule has 0 saturated heterocycles. The van der Waals surface area contributed by atoms with Crippen molar-refractivity contribution in [1.29, 1.82) is 0 Å². The Labute approximate surface area is 91.4 Å². The number of aryl methyl sites for hydroxylation is 1. The summed E-state index contributed by atoms with van der Waals surface area (Å²) in [4.78, 5) is 4.23. The van der Waals surface area contributed by atoms with Crippen molar-refractivity contribution < 1.29 is 5.11 Å². The number of hydrogen-bond donors (Lipinski definition) is 2. The lowest BCUT2D eigenvalue weighted by molar-refractivity contribution is 0.477. The molecule has 0 atom stereocenters. The molecule has 5 nitrogen and oxygen atoms in total. The minimum absolute atomic E-state index is 0.240. The molecule has 3 aromatic rings. The maximum atomic E-state index is 9.71. The molecule has 5 heteroatoms. The van der Waals surface area contributed by atoms with E-state index in [2.05, 4.69) is 15.2 Å². The highest BCUT2D eigenvalue weighted by molar-refractivity contribution is 5.69. The zero-order chi connectivity index (χ0) is 11.1. The molecule has 2 heterocycles. The van der Waals surface area contributed by atoms with Crippen LogP contribution in [0.15, 0.2) is 30.3 Å². The lowest BCUT2D eigenvalue weighted by atomic mass is 10.1. The standard InChI is InChI=1S/C11H10N4O/c1-7-12-11-6-9(14-15(11)13-7)8-4-2-3-5-10(8)16/h2-6,14,16H,1H3. The van der Waals surface area contributed by atoms with Gasteiger partial charge in [-0.25, -0.2) is 4.98 Å². The minimum Gasteiger partial charge on any atom is -0.507 e. The first-order valence-electron chi connectivity index (χ1n) is 4.95. The Balaban J connectivity index is 2.19. The molecule has 3 rings (SSSR count). The second kappa shape index (κ2) is 3.10. The van der Waals surface area contributed by atoms with E-state index in [1.54, 1.807) is 16.8 Å². The lowest BCUT2D eigenvalue weighted by Gasteiger charge is -1.99. The van der Waals surface area contributed by atoms with Crippen LogP contribution in [0.2, 0.25) is 0 Å². The van der Waals surface area contributed by atoms with Crippen molar-refractivity contribution >= 4 is 5.65 Å². The van der Waals surface area contributed by atoms with Crippen LogP contribution in [0.3, 0.4) is 0 Å². The van der Waals surface area contributed by atoms with Gasteiger partial charge in [0.25, 0.3) is 0 Å². The third kappa shape index (κ3) is 1.25. The number of nitrogens with one attached hydrogen (secondary N) is 1. The van der Waals surface area contributed by atoms with Crippen molar-refractivity contribution in [2.24, 2.45) is 0 Å². The van der Waals surface area contributed by atoms with E-state index in [1.165, 1.54) is 0 Å². The Morgan fingerprint density at radius 3 is 2.88 bits per heavy atom. The molecule has 0 spiro atoms. The lowest BCUT2D eigenvalue weighted by Crippen LogP contribution is -1.88. The predicted octanol–water partition coefficient (Wildman–Crippen LogP) is 1.74. The zero-order valence-electron chi connectivity index (χ0n) is 8.68. The van der Waals surface area contributed by atoms with Crippen LogP contribution in [0, 0.1) is 6.92 Å². The summed E-state index contributed by atoms with van der Waals surface area (Å²) in [5.74, 6) is 0.957. The second-order valence-electron chi connectivity index (χ2n) is 3.62. The van der Waals surface area contributed by atoms with Gasteiger partial charge in [0, 0.05) is 11.6 Å². The first-order chi connectivity index (χ1) is 7.74. The highest BCUT2D eigenvalue weighted by Crippen LogP contribution is 2.27. The summed E-state index contributed by atoms with van der Waals surface area (Å²) < 4.78 is 1.59. The van der Waals surface area contributed by atoms with Crippen LogP contribution in [-0.4, -0.2) is 24.9 Å². The van der Waals surface area contributed by atoms with Crippen molar-refractivity contribution in [1.82, 2.24) is 19.8 Å². The number of aromatic hydroxyl groups is 1. The van der Waals surface area contributed by atoms with E-state index in [-0.39, 0.29) is 5.75 Å². The molecule has 0 radical (unpaired) electrons. The average Bonchev–Trinajstić information content (AvgIpc) is 2.75. The van der Waals surface area contributed by atoms with Crippen molar-refractivity contribution in [3.05, 3.63) is 36.2 Å². The van der Waals surface area contributed by atoms with Gasteiger partial charge >= 0.3 is 0 Å². The number of nitrogens with zero attached hydrogens (tertiary/aromatic N) is 3. The Hall–Kier alpha value is -2.30. The number of phenols is 1. The van der Waals surface area contributed by atoms with E-state index in [9.17, 15) is 5.11 Å². The van der Waals surface area contributed by atoms with Crippen LogP contribution < -0.4 is 0 Å². The second-order valence-corrected chi connectivity index (χ2v) is 3.62. The predicted molar refractivity (Wildman–Crippen MR) is 59.2 cm³/mol. The number of hydrogen-bond acceptors (Lipinski definition) is 3. The summed E-state index contributed by atoms with van der Waals surface area (Å²) >= 11 is 0. The van der Waals surface area contributed by atoms with E-state index in [0.717, 1.165) is 22.7 Å². The fraction of sp³-hybridized carbons (Fsp3) is 0.0909. The van der Waals surface area contributed by atoms with Crippen LogP contribution in [0.1, 0.15) is 5.82 Å². The van der Waals surface area contributed by atoms with Gasteiger partial charge in [0.2, 0.25) is 0 Å². The normalized spacial score (nSPS) is 11.1. The molecule has 0 aliphatic heterocycles. The van der Waals surface area contributed by atoms with Gasteiger partial charge in [-0.05, 0) is 19.1 Å². The van der Waals surface area contributed by atoms with Crippen LogP contribution in [0.25, 0.3) is 16.9 Å². The minimum atomic E-state index is 0.240. The quantitative estimate of drug-likeness (QED) is 0.648. The van der Waals surface area contributed by atoms with Crippen molar-refractivity contribution in [2.75, 3.05) is 0 Å². The monoisotopic (exact) mass is 214 g/mol. The third-order valence-electron chi connectivity index (χ3n) is 2.43. The van der Waals surface area contributed by atoms with Gasteiger partial charge in [-0.1, -0.05) is 12.1 Å². The van der Waals surface area contributed by atoms with E-state index in [0.29, 0.717) is 0 Å². The number of H-pyrrole nitrogens is 1. The molecule has 0 saturated carbocycles. The summed E-state index contributed by atoms with van der Waals surface area (Å²) in [7, 11) is 0. The summed E-state index contributed by atoms with van der Waals surface area (Å²) in [6.45, 7) is 1.83.